The highest BCUT2D eigenvalue weighted by Crippen LogP contribution is 2.15. The Kier molecular flexibility index (Phi) is 1.19. The molecular formula is C11H8N2. The fourth-order valence-electron chi connectivity index (χ4n) is 1.64. The number of pyridine rings is 1. The molecule has 0 saturated carbocycles. The first-order valence-electron chi connectivity index (χ1n) is 4.27. The van der Waals surface area contributed by atoms with Crippen molar-refractivity contribution >= 4 is 16.4 Å². The van der Waals surface area contributed by atoms with E-state index in [4.69, 9.17) is 0 Å². The quantitative estimate of drug-likeness (QED) is 0.504. The Morgan fingerprint density at radius 3 is 2.85 bits per heavy atom. The molecule has 62 valence electrons. The van der Waals surface area contributed by atoms with Crippen molar-refractivity contribution in [2.45, 2.75) is 0 Å². The minimum atomic E-state index is 1.14. The molecular weight excluding hydrogens is 160 g/mol. The van der Waals surface area contributed by atoms with Crippen LogP contribution in [0.4, 0.5) is 0 Å². The molecule has 0 unspecified atom stereocenters. The van der Waals surface area contributed by atoms with E-state index >= 15 is 0 Å². The van der Waals surface area contributed by atoms with E-state index in [0.29, 0.717) is 0 Å². The molecule has 0 aliphatic rings. The number of nitrogens with zero attached hydrogens (tertiary/aromatic N) is 2. The third kappa shape index (κ3) is 0.855. The lowest BCUT2D eigenvalue weighted by atomic mass is 10.2. The van der Waals surface area contributed by atoms with Gasteiger partial charge in [-0.05, 0) is 18.2 Å². The molecule has 0 aliphatic carbocycles. The smallest absolute Gasteiger partial charge is 0.0724 e. The lowest BCUT2D eigenvalue weighted by Crippen LogP contribution is -1.88. The molecule has 2 heterocycles. The zero-order valence-electron chi connectivity index (χ0n) is 7.01. The van der Waals surface area contributed by atoms with Crippen LogP contribution in [0.3, 0.4) is 0 Å². The van der Waals surface area contributed by atoms with Crippen molar-refractivity contribution < 1.29 is 0 Å². The van der Waals surface area contributed by atoms with Gasteiger partial charge in [-0.2, -0.15) is 5.10 Å². The van der Waals surface area contributed by atoms with Crippen LogP contribution >= 0.6 is 0 Å². The van der Waals surface area contributed by atoms with E-state index in [9.17, 15) is 0 Å². The summed E-state index contributed by atoms with van der Waals surface area (Å²) in [7, 11) is 0. The van der Waals surface area contributed by atoms with Crippen molar-refractivity contribution in [2.75, 3.05) is 0 Å². The van der Waals surface area contributed by atoms with Crippen molar-refractivity contribution in [3.63, 3.8) is 0 Å². The van der Waals surface area contributed by atoms with E-state index in [2.05, 4.69) is 29.4 Å². The molecule has 0 spiro atoms. The van der Waals surface area contributed by atoms with Gasteiger partial charge in [0.25, 0.3) is 0 Å². The van der Waals surface area contributed by atoms with Crippen LogP contribution < -0.4 is 0 Å². The van der Waals surface area contributed by atoms with Crippen LogP contribution in [0, 0.1) is 0 Å². The molecule has 0 saturated heterocycles. The van der Waals surface area contributed by atoms with Gasteiger partial charge in [0.1, 0.15) is 0 Å². The highest BCUT2D eigenvalue weighted by molar-refractivity contribution is 5.81. The standard InChI is InChI=1S/C11H8N2/c1-2-4-11-9(3-1)5-6-10-7-8-12-13(10)11/h1-8H. The molecule has 0 fully saturated rings. The molecule has 0 N–H and O–H groups in total. The van der Waals surface area contributed by atoms with E-state index in [1.54, 1.807) is 0 Å². The van der Waals surface area contributed by atoms with Gasteiger partial charge in [0.2, 0.25) is 0 Å². The van der Waals surface area contributed by atoms with E-state index in [-0.39, 0.29) is 0 Å². The van der Waals surface area contributed by atoms with Crippen LogP contribution in [0.1, 0.15) is 0 Å². The second-order valence-electron chi connectivity index (χ2n) is 3.06. The Bertz CT molecular complexity index is 566. The maximum atomic E-state index is 4.26. The zero-order chi connectivity index (χ0) is 8.67. The number of hydrogen-bond acceptors (Lipinski definition) is 1. The first-order chi connectivity index (χ1) is 6.45. The summed E-state index contributed by atoms with van der Waals surface area (Å²) in [5, 5.41) is 5.48. The van der Waals surface area contributed by atoms with Gasteiger partial charge in [0.05, 0.1) is 17.2 Å². The minimum absolute atomic E-state index is 1.14. The van der Waals surface area contributed by atoms with Crippen molar-refractivity contribution in [3.05, 3.63) is 48.7 Å². The fraction of sp³-hybridized carbons (Fsp3) is 0. The first-order valence-corrected chi connectivity index (χ1v) is 4.27. The van der Waals surface area contributed by atoms with Crippen LogP contribution in [-0.4, -0.2) is 9.61 Å². The number of para-hydroxylation sites is 1. The van der Waals surface area contributed by atoms with Gasteiger partial charge in [0, 0.05) is 5.39 Å². The van der Waals surface area contributed by atoms with E-state index in [1.165, 1.54) is 5.39 Å². The lowest BCUT2D eigenvalue weighted by molar-refractivity contribution is 1.00. The van der Waals surface area contributed by atoms with Crippen LogP contribution in [0.5, 0.6) is 0 Å². The summed E-state index contributed by atoms with van der Waals surface area (Å²) in [6.07, 6.45) is 1.82. The summed E-state index contributed by atoms with van der Waals surface area (Å²) in [4.78, 5) is 0. The van der Waals surface area contributed by atoms with Gasteiger partial charge in [0.15, 0.2) is 0 Å². The summed E-state index contributed by atoms with van der Waals surface area (Å²) in [6.45, 7) is 0. The normalized spacial score (nSPS) is 11.1. The number of aromatic nitrogens is 2. The maximum absolute atomic E-state index is 4.26. The molecule has 0 aliphatic heterocycles. The van der Waals surface area contributed by atoms with Gasteiger partial charge in [-0.3, -0.25) is 0 Å². The van der Waals surface area contributed by atoms with Gasteiger partial charge in [-0.1, -0.05) is 24.3 Å². The second-order valence-corrected chi connectivity index (χ2v) is 3.06. The van der Waals surface area contributed by atoms with Gasteiger partial charge in [-0.15, -0.1) is 0 Å². The van der Waals surface area contributed by atoms with E-state index < -0.39 is 0 Å². The van der Waals surface area contributed by atoms with Crippen LogP contribution in [0.25, 0.3) is 16.4 Å². The molecule has 13 heavy (non-hydrogen) atoms. The van der Waals surface area contributed by atoms with Crippen molar-refractivity contribution in [1.82, 2.24) is 9.61 Å². The molecule has 0 amide bonds. The highest BCUT2D eigenvalue weighted by atomic mass is 15.2. The summed E-state index contributed by atoms with van der Waals surface area (Å²) in [5.74, 6) is 0. The van der Waals surface area contributed by atoms with Gasteiger partial charge < -0.3 is 0 Å². The Hall–Kier alpha value is -1.83. The van der Waals surface area contributed by atoms with Crippen LogP contribution in [0.15, 0.2) is 48.7 Å². The fourth-order valence-corrected chi connectivity index (χ4v) is 1.64. The molecule has 3 aromatic rings. The first kappa shape index (κ1) is 6.66. The van der Waals surface area contributed by atoms with Gasteiger partial charge >= 0.3 is 0 Å². The largest absolute Gasteiger partial charge is 0.233 e. The molecule has 0 radical (unpaired) electrons. The van der Waals surface area contributed by atoms with E-state index in [0.717, 1.165) is 11.0 Å². The number of hydrogen-bond donors (Lipinski definition) is 0. The minimum Gasteiger partial charge on any atom is -0.233 e. The average Bonchev–Trinajstić information content (AvgIpc) is 2.65. The van der Waals surface area contributed by atoms with Crippen molar-refractivity contribution in [2.24, 2.45) is 0 Å². The Morgan fingerprint density at radius 1 is 0.923 bits per heavy atom. The predicted octanol–water partition coefficient (Wildman–Crippen LogP) is 2.49. The highest BCUT2D eigenvalue weighted by Gasteiger charge is 1.97. The van der Waals surface area contributed by atoms with E-state index in [1.807, 2.05) is 28.9 Å². The zero-order valence-corrected chi connectivity index (χ0v) is 7.01. The Morgan fingerprint density at radius 2 is 1.85 bits per heavy atom. The second kappa shape index (κ2) is 2.33. The summed E-state index contributed by atoms with van der Waals surface area (Å²) in [6, 6.07) is 14.4. The molecule has 2 nitrogen and oxygen atoms in total. The SMILES string of the molecule is c1ccc2c(c1)ccc1ccnn12. The molecule has 3 rings (SSSR count). The summed E-state index contributed by atoms with van der Waals surface area (Å²) in [5.41, 5.74) is 2.30. The Labute approximate surface area is 75.4 Å². The molecule has 2 aromatic heterocycles. The number of benzene rings is 1. The molecule has 0 bridgehead atoms. The number of fused-ring (bicyclic) bond motifs is 3. The van der Waals surface area contributed by atoms with Crippen molar-refractivity contribution in [1.29, 1.82) is 0 Å². The topological polar surface area (TPSA) is 17.3 Å². The molecule has 0 atom stereocenters. The third-order valence-corrected chi connectivity index (χ3v) is 2.27. The molecule has 1 aromatic carbocycles. The summed E-state index contributed by atoms with van der Waals surface area (Å²) < 4.78 is 1.95. The molecule has 2 heteroatoms. The van der Waals surface area contributed by atoms with Gasteiger partial charge in [-0.25, -0.2) is 4.52 Å². The number of rotatable bonds is 0. The third-order valence-electron chi connectivity index (χ3n) is 2.27. The predicted molar refractivity (Wildman–Crippen MR) is 52.7 cm³/mol. The monoisotopic (exact) mass is 168 g/mol. The van der Waals surface area contributed by atoms with Crippen molar-refractivity contribution in [3.8, 4) is 0 Å². The van der Waals surface area contributed by atoms with Crippen LogP contribution in [-0.2, 0) is 0 Å². The maximum Gasteiger partial charge on any atom is 0.0724 e. The lowest BCUT2D eigenvalue weighted by Gasteiger charge is -1.99. The Balaban J connectivity index is 2.65. The van der Waals surface area contributed by atoms with Crippen LogP contribution in [0.2, 0.25) is 0 Å². The summed E-state index contributed by atoms with van der Waals surface area (Å²) >= 11 is 0. The average molecular weight is 168 g/mol.